The summed E-state index contributed by atoms with van der Waals surface area (Å²) in [6.07, 6.45) is 9.72. The first-order chi connectivity index (χ1) is 13.4. The Labute approximate surface area is 152 Å². The number of rotatable bonds is 3. The Kier molecular flexibility index (Phi) is 3.50. The lowest BCUT2D eigenvalue weighted by molar-refractivity contribution is 0.783. The van der Waals surface area contributed by atoms with E-state index in [0.717, 1.165) is 0 Å². The predicted octanol–water partition coefficient (Wildman–Crippen LogP) is 1.52. The third kappa shape index (κ3) is 2.65. The minimum Gasteiger partial charge on any atom is -0.250 e. The second-order valence-corrected chi connectivity index (χ2v) is 5.42. The normalized spacial score (nSPS) is 11.0. The SMILES string of the molecule is c1ccc(-n2nnc(-c3ncccn3)c2-c2ncc3nccnc3n2)nc1. The Morgan fingerprint density at radius 3 is 2.41 bits per heavy atom. The van der Waals surface area contributed by atoms with E-state index < -0.39 is 0 Å². The Morgan fingerprint density at radius 1 is 0.704 bits per heavy atom. The van der Waals surface area contributed by atoms with Gasteiger partial charge in [0.25, 0.3) is 0 Å². The number of hydrogen-bond donors (Lipinski definition) is 0. The molecule has 5 aromatic rings. The zero-order chi connectivity index (χ0) is 18.1. The summed E-state index contributed by atoms with van der Waals surface area (Å²) in [6, 6.07) is 7.23. The quantitative estimate of drug-likeness (QED) is 0.474. The highest BCUT2D eigenvalue weighted by Gasteiger charge is 2.23. The Hall–Kier alpha value is -4.21. The van der Waals surface area contributed by atoms with Gasteiger partial charge in [0.05, 0.1) is 6.20 Å². The van der Waals surface area contributed by atoms with Crippen molar-refractivity contribution in [2.24, 2.45) is 0 Å². The molecule has 0 bridgehead atoms. The lowest BCUT2D eigenvalue weighted by Gasteiger charge is -2.06. The van der Waals surface area contributed by atoms with Gasteiger partial charge in [0, 0.05) is 31.0 Å². The summed E-state index contributed by atoms with van der Waals surface area (Å²) in [5.74, 6) is 1.36. The zero-order valence-corrected chi connectivity index (χ0v) is 13.7. The van der Waals surface area contributed by atoms with E-state index in [1.54, 1.807) is 47.9 Å². The highest BCUT2D eigenvalue weighted by molar-refractivity contribution is 5.76. The van der Waals surface area contributed by atoms with Gasteiger partial charge in [-0.3, -0.25) is 0 Å². The zero-order valence-electron chi connectivity index (χ0n) is 13.7. The molecule has 0 aliphatic rings. The van der Waals surface area contributed by atoms with Gasteiger partial charge in [0.1, 0.15) is 11.2 Å². The van der Waals surface area contributed by atoms with Crippen molar-refractivity contribution in [2.75, 3.05) is 0 Å². The molecule has 0 atom stereocenters. The van der Waals surface area contributed by atoms with Crippen LogP contribution in [-0.2, 0) is 0 Å². The fourth-order valence-corrected chi connectivity index (χ4v) is 2.58. The Bertz CT molecular complexity index is 1160. The maximum absolute atomic E-state index is 4.52. The van der Waals surface area contributed by atoms with Gasteiger partial charge in [0.15, 0.2) is 28.8 Å². The molecule has 0 fully saturated rings. The first-order valence-corrected chi connectivity index (χ1v) is 7.99. The van der Waals surface area contributed by atoms with Crippen LogP contribution >= 0.6 is 0 Å². The standard InChI is InChI=1S/C17H10N10/c1-2-5-19-12(4-1)27-14(13(25-26-27)16-20-6-3-7-21-16)17-23-10-11-15(24-17)22-9-8-18-11/h1-10H. The van der Waals surface area contributed by atoms with Crippen LogP contribution in [0.2, 0.25) is 0 Å². The number of pyridine rings is 1. The van der Waals surface area contributed by atoms with Crippen molar-refractivity contribution in [1.29, 1.82) is 0 Å². The van der Waals surface area contributed by atoms with E-state index in [0.29, 0.717) is 40.0 Å². The van der Waals surface area contributed by atoms with Crippen molar-refractivity contribution >= 4 is 11.2 Å². The highest BCUT2D eigenvalue weighted by Crippen LogP contribution is 2.27. The topological polar surface area (TPSA) is 121 Å². The Morgan fingerprint density at radius 2 is 1.56 bits per heavy atom. The maximum atomic E-state index is 4.52. The van der Waals surface area contributed by atoms with Crippen molar-refractivity contribution in [3.05, 3.63) is 61.4 Å². The molecule has 0 aliphatic carbocycles. The molecular formula is C17H10N10. The van der Waals surface area contributed by atoms with Gasteiger partial charge in [-0.05, 0) is 18.2 Å². The Balaban J connectivity index is 1.78. The molecule has 0 saturated heterocycles. The second kappa shape index (κ2) is 6.26. The van der Waals surface area contributed by atoms with Crippen molar-refractivity contribution in [3.8, 4) is 28.9 Å². The van der Waals surface area contributed by atoms with Crippen LogP contribution in [0.3, 0.4) is 0 Å². The van der Waals surface area contributed by atoms with E-state index in [4.69, 9.17) is 0 Å². The third-order valence-electron chi connectivity index (χ3n) is 3.75. The van der Waals surface area contributed by atoms with Gasteiger partial charge in [-0.2, -0.15) is 4.68 Å². The predicted molar refractivity (Wildman–Crippen MR) is 94.3 cm³/mol. The fourth-order valence-electron chi connectivity index (χ4n) is 2.58. The van der Waals surface area contributed by atoms with Crippen LogP contribution in [-0.4, -0.2) is 49.9 Å². The average Bonchev–Trinajstić information content (AvgIpc) is 3.20. The number of hydrogen-bond acceptors (Lipinski definition) is 9. The molecule has 0 saturated carbocycles. The summed E-state index contributed by atoms with van der Waals surface area (Å²) in [5, 5.41) is 8.48. The summed E-state index contributed by atoms with van der Waals surface area (Å²) in [7, 11) is 0. The van der Waals surface area contributed by atoms with E-state index in [1.807, 2.05) is 18.2 Å². The van der Waals surface area contributed by atoms with Gasteiger partial charge in [-0.25, -0.2) is 34.9 Å². The van der Waals surface area contributed by atoms with E-state index in [1.165, 1.54) is 0 Å². The smallest absolute Gasteiger partial charge is 0.183 e. The average molecular weight is 354 g/mol. The lowest BCUT2D eigenvalue weighted by Crippen LogP contribution is -2.05. The summed E-state index contributed by atoms with van der Waals surface area (Å²) >= 11 is 0. The molecule has 10 nitrogen and oxygen atoms in total. The largest absolute Gasteiger partial charge is 0.250 e. The molecule has 0 amide bonds. The van der Waals surface area contributed by atoms with Gasteiger partial charge < -0.3 is 0 Å². The van der Waals surface area contributed by atoms with Crippen molar-refractivity contribution in [1.82, 2.24) is 49.9 Å². The van der Waals surface area contributed by atoms with Gasteiger partial charge >= 0.3 is 0 Å². The molecule has 0 N–H and O–H groups in total. The molecule has 0 radical (unpaired) electrons. The van der Waals surface area contributed by atoms with Crippen LogP contribution < -0.4 is 0 Å². The monoisotopic (exact) mass is 354 g/mol. The minimum atomic E-state index is 0.376. The molecule has 0 unspecified atom stereocenters. The van der Waals surface area contributed by atoms with Gasteiger partial charge in [0.2, 0.25) is 0 Å². The van der Waals surface area contributed by atoms with Crippen molar-refractivity contribution in [3.63, 3.8) is 0 Å². The van der Waals surface area contributed by atoms with Crippen LogP contribution in [0.15, 0.2) is 61.4 Å². The molecule has 5 heterocycles. The van der Waals surface area contributed by atoms with Crippen LogP contribution in [0.1, 0.15) is 0 Å². The van der Waals surface area contributed by atoms with Crippen molar-refractivity contribution in [2.45, 2.75) is 0 Å². The van der Waals surface area contributed by atoms with Crippen LogP contribution in [0.25, 0.3) is 40.0 Å². The molecular weight excluding hydrogens is 344 g/mol. The number of aromatic nitrogens is 10. The molecule has 0 aromatic carbocycles. The summed E-state index contributed by atoms with van der Waals surface area (Å²) in [6.45, 7) is 0. The fraction of sp³-hybridized carbons (Fsp3) is 0. The van der Waals surface area contributed by atoms with E-state index in [2.05, 4.69) is 45.2 Å². The molecule has 0 aliphatic heterocycles. The van der Waals surface area contributed by atoms with E-state index in [9.17, 15) is 0 Å². The highest BCUT2D eigenvalue weighted by atomic mass is 15.5. The molecule has 27 heavy (non-hydrogen) atoms. The van der Waals surface area contributed by atoms with Crippen LogP contribution in [0.4, 0.5) is 0 Å². The summed E-state index contributed by atoms with van der Waals surface area (Å²) in [4.78, 5) is 30.3. The van der Waals surface area contributed by atoms with Crippen LogP contribution in [0.5, 0.6) is 0 Å². The van der Waals surface area contributed by atoms with E-state index in [-0.39, 0.29) is 0 Å². The van der Waals surface area contributed by atoms with E-state index >= 15 is 0 Å². The molecule has 128 valence electrons. The van der Waals surface area contributed by atoms with Gasteiger partial charge in [-0.1, -0.05) is 11.3 Å². The summed E-state index contributed by atoms with van der Waals surface area (Å²) < 4.78 is 1.56. The minimum absolute atomic E-state index is 0.376. The lowest BCUT2D eigenvalue weighted by atomic mass is 10.2. The van der Waals surface area contributed by atoms with Crippen molar-refractivity contribution < 1.29 is 0 Å². The first-order valence-electron chi connectivity index (χ1n) is 7.99. The maximum Gasteiger partial charge on any atom is 0.183 e. The number of fused-ring (bicyclic) bond motifs is 1. The molecule has 10 heteroatoms. The number of nitrogens with zero attached hydrogens (tertiary/aromatic N) is 10. The third-order valence-corrected chi connectivity index (χ3v) is 3.75. The summed E-state index contributed by atoms with van der Waals surface area (Å²) in [5.41, 5.74) is 2.03. The second-order valence-electron chi connectivity index (χ2n) is 5.42. The molecule has 5 rings (SSSR count). The molecule has 0 spiro atoms. The molecule has 5 aromatic heterocycles. The van der Waals surface area contributed by atoms with Crippen LogP contribution in [0, 0.1) is 0 Å². The first kappa shape index (κ1) is 15.1. The van der Waals surface area contributed by atoms with Gasteiger partial charge in [-0.15, -0.1) is 5.10 Å².